The molecule has 0 aliphatic carbocycles. The van der Waals surface area contributed by atoms with Gasteiger partial charge in [-0.2, -0.15) is 8.78 Å². The Bertz CT molecular complexity index is 798. The maximum absolute atomic E-state index is 12.4. The first kappa shape index (κ1) is 23.6. The van der Waals surface area contributed by atoms with E-state index in [1.54, 1.807) is 37.2 Å². The third-order valence-corrected chi connectivity index (χ3v) is 4.20. The molecule has 5 nitrogen and oxygen atoms in total. The van der Waals surface area contributed by atoms with Crippen molar-refractivity contribution >= 4 is 28.2 Å². The van der Waals surface area contributed by atoms with Gasteiger partial charge in [-0.25, -0.2) is 4.99 Å². The highest BCUT2D eigenvalue weighted by Crippen LogP contribution is 2.34. The van der Waals surface area contributed by atoms with Gasteiger partial charge in [0.1, 0.15) is 5.75 Å². The number of aldehydes is 1. The van der Waals surface area contributed by atoms with E-state index in [4.69, 9.17) is 5.73 Å². The Morgan fingerprint density at radius 1 is 1.18 bits per heavy atom. The minimum absolute atomic E-state index is 0.0117. The Kier molecular flexibility index (Phi) is 9.05. The van der Waals surface area contributed by atoms with Gasteiger partial charge in [0.25, 0.3) is 0 Å². The largest absolute Gasteiger partial charge is 0.435 e. The van der Waals surface area contributed by atoms with E-state index in [1.807, 2.05) is 19.9 Å². The molecule has 1 atom stereocenters. The van der Waals surface area contributed by atoms with Crippen LogP contribution in [0.25, 0.3) is 0 Å². The number of carbonyl (C=O) groups excluding carboxylic acids is 1. The molecule has 8 heteroatoms. The summed E-state index contributed by atoms with van der Waals surface area (Å²) < 4.78 is 29.9. The summed E-state index contributed by atoms with van der Waals surface area (Å²) in [4.78, 5) is 18.2. The second-order valence-electron chi connectivity index (χ2n) is 5.66. The topological polar surface area (TPSA) is 67.9 Å². The lowest BCUT2D eigenvalue weighted by molar-refractivity contribution is -0.111. The van der Waals surface area contributed by atoms with Crippen LogP contribution < -0.4 is 10.5 Å². The molecule has 1 unspecified atom stereocenters. The molecule has 2 N–H and O–H groups in total. The molecular weight excluding hydrogens is 432 g/mol. The van der Waals surface area contributed by atoms with Gasteiger partial charge in [0.2, 0.25) is 0 Å². The molecular formula is C20H24BrF2N3O2. The number of aliphatic imine (C=N–C) groups is 1. The minimum Gasteiger partial charge on any atom is -0.435 e. The third-order valence-electron chi connectivity index (χ3n) is 3.70. The zero-order chi connectivity index (χ0) is 21.3. The van der Waals surface area contributed by atoms with Crippen LogP contribution in [0.3, 0.4) is 0 Å². The van der Waals surface area contributed by atoms with Crippen molar-refractivity contribution in [2.75, 3.05) is 14.1 Å². The van der Waals surface area contributed by atoms with Gasteiger partial charge < -0.3 is 15.4 Å². The fourth-order valence-corrected chi connectivity index (χ4v) is 2.75. The van der Waals surface area contributed by atoms with E-state index in [1.165, 1.54) is 24.3 Å². The molecule has 0 aliphatic heterocycles. The number of ether oxygens (including phenoxy) is 1. The van der Waals surface area contributed by atoms with E-state index in [9.17, 15) is 13.6 Å². The van der Waals surface area contributed by atoms with E-state index in [0.29, 0.717) is 17.4 Å². The summed E-state index contributed by atoms with van der Waals surface area (Å²) >= 11 is 3.38. The van der Waals surface area contributed by atoms with Gasteiger partial charge in [-0.3, -0.25) is 4.79 Å². The number of nitrogens with two attached hydrogens (primary N) is 1. The summed E-state index contributed by atoms with van der Waals surface area (Å²) in [5.41, 5.74) is 5.59. The first-order chi connectivity index (χ1) is 13.3. The number of halogens is 3. The summed E-state index contributed by atoms with van der Waals surface area (Å²) in [6, 6.07) is 12.8. The molecule has 0 saturated heterocycles. The van der Waals surface area contributed by atoms with Gasteiger partial charge in [0, 0.05) is 18.6 Å². The highest BCUT2D eigenvalue weighted by atomic mass is 79.9. The lowest BCUT2D eigenvalue weighted by Crippen LogP contribution is -2.37. The standard InChI is InChI=1S/C18H18BrF2N3O2.C2H6/c1-24(2)17(22)23-18(11-25,13-4-3-5-14(19)10-13)12-6-8-15(9-7-12)26-16(20)21;1-2/h3-11,16H,1-2H3,(H2,22,23);1-2H3. The van der Waals surface area contributed by atoms with E-state index in [-0.39, 0.29) is 11.7 Å². The number of rotatable bonds is 6. The predicted octanol–water partition coefficient (Wildman–Crippen LogP) is 4.40. The van der Waals surface area contributed by atoms with Crippen molar-refractivity contribution in [1.82, 2.24) is 4.90 Å². The average molecular weight is 456 g/mol. The molecule has 0 radical (unpaired) electrons. The summed E-state index contributed by atoms with van der Waals surface area (Å²) in [6.45, 7) is 1.07. The molecule has 2 aromatic rings. The van der Waals surface area contributed by atoms with Crippen molar-refractivity contribution in [2.45, 2.75) is 26.0 Å². The van der Waals surface area contributed by atoms with Crippen molar-refractivity contribution in [3.63, 3.8) is 0 Å². The fourth-order valence-electron chi connectivity index (χ4n) is 2.35. The Morgan fingerprint density at radius 3 is 2.25 bits per heavy atom. The molecule has 0 aliphatic rings. The van der Waals surface area contributed by atoms with Crippen molar-refractivity contribution in [2.24, 2.45) is 10.7 Å². The van der Waals surface area contributed by atoms with Crippen molar-refractivity contribution in [1.29, 1.82) is 0 Å². The summed E-state index contributed by atoms with van der Waals surface area (Å²) in [5.74, 6) is 0.132. The molecule has 0 bridgehead atoms. The number of carbonyl (C=O) groups is 1. The van der Waals surface area contributed by atoms with Crippen LogP contribution in [0.5, 0.6) is 5.75 Å². The summed E-state index contributed by atoms with van der Waals surface area (Å²) in [6.07, 6.45) is 0.675. The average Bonchev–Trinajstić information content (AvgIpc) is 2.67. The first-order valence-corrected chi connectivity index (χ1v) is 9.38. The van der Waals surface area contributed by atoms with Crippen LogP contribution in [0.4, 0.5) is 8.78 Å². The SMILES string of the molecule is CC.CN(C)C(N)=NC(C=O)(c1ccc(OC(F)F)cc1)c1cccc(Br)c1. The molecule has 2 aromatic carbocycles. The van der Waals surface area contributed by atoms with Crippen LogP contribution in [0, 0.1) is 0 Å². The Hall–Kier alpha value is -2.48. The molecule has 28 heavy (non-hydrogen) atoms. The number of benzene rings is 2. The van der Waals surface area contributed by atoms with Crippen LogP contribution in [0.1, 0.15) is 25.0 Å². The van der Waals surface area contributed by atoms with E-state index >= 15 is 0 Å². The monoisotopic (exact) mass is 455 g/mol. The lowest BCUT2D eigenvalue weighted by Gasteiger charge is -2.27. The summed E-state index contributed by atoms with van der Waals surface area (Å²) in [7, 11) is 3.41. The van der Waals surface area contributed by atoms with Gasteiger partial charge in [-0.1, -0.05) is 54.0 Å². The van der Waals surface area contributed by atoms with Crippen LogP contribution in [0.2, 0.25) is 0 Å². The minimum atomic E-state index is -2.93. The highest BCUT2D eigenvalue weighted by Gasteiger charge is 2.35. The van der Waals surface area contributed by atoms with Crippen LogP contribution in [-0.2, 0) is 10.3 Å². The maximum Gasteiger partial charge on any atom is 0.387 e. The zero-order valence-electron chi connectivity index (χ0n) is 16.2. The zero-order valence-corrected chi connectivity index (χ0v) is 17.8. The smallest absolute Gasteiger partial charge is 0.387 e. The third kappa shape index (κ3) is 5.76. The number of nitrogens with zero attached hydrogens (tertiary/aromatic N) is 2. The number of hydrogen-bond donors (Lipinski definition) is 1. The second kappa shape index (κ2) is 10.8. The summed E-state index contributed by atoms with van der Waals surface area (Å²) in [5, 5.41) is 0. The predicted molar refractivity (Wildman–Crippen MR) is 111 cm³/mol. The van der Waals surface area contributed by atoms with Crippen molar-refractivity contribution in [3.8, 4) is 5.75 Å². The Labute approximate surface area is 172 Å². The van der Waals surface area contributed by atoms with Gasteiger partial charge in [0.15, 0.2) is 17.8 Å². The molecule has 2 rings (SSSR count). The number of guanidine groups is 1. The number of alkyl halides is 2. The second-order valence-corrected chi connectivity index (χ2v) is 6.58. The molecule has 0 spiro atoms. The fraction of sp³-hybridized carbons (Fsp3) is 0.300. The lowest BCUT2D eigenvalue weighted by atomic mass is 9.84. The first-order valence-electron chi connectivity index (χ1n) is 8.59. The molecule has 0 fully saturated rings. The highest BCUT2D eigenvalue weighted by molar-refractivity contribution is 9.10. The molecule has 0 amide bonds. The van der Waals surface area contributed by atoms with Crippen molar-refractivity contribution in [3.05, 3.63) is 64.1 Å². The molecule has 0 aromatic heterocycles. The van der Waals surface area contributed by atoms with Crippen molar-refractivity contribution < 1.29 is 18.3 Å². The normalized spacial score (nSPS) is 13.2. The molecule has 0 heterocycles. The van der Waals surface area contributed by atoms with Crippen LogP contribution in [0.15, 0.2) is 58.0 Å². The van der Waals surface area contributed by atoms with E-state index in [0.717, 1.165) is 4.47 Å². The van der Waals surface area contributed by atoms with Gasteiger partial charge in [0.05, 0.1) is 0 Å². The van der Waals surface area contributed by atoms with Crippen LogP contribution in [-0.4, -0.2) is 37.9 Å². The van der Waals surface area contributed by atoms with E-state index < -0.39 is 12.2 Å². The van der Waals surface area contributed by atoms with Crippen LogP contribution >= 0.6 is 15.9 Å². The molecule has 152 valence electrons. The maximum atomic E-state index is 12.4. The Morgan fingerprint density at radius 2 is 1.79 bits per heavy atom. The van der Waals surface area contributed by atoms with Gasteiger partial charge in [-0.15, -0.1) is 0 Å². The molecule has 0 saturated carbocycles. The quantitative estimate of drug-likeness (QED) is 0.398. The van der Waals surface area contributed by atoms with Gasteiger partial charge in [-0.05, 0) is 35.4 Å². The van der Waals surface area contributed by atoms with E-state index in [2.05, 4.69) is 25.7 Å². The van der Waals surface area contributed by atoms with Gasteiger partial charge >= 0.3 is 6.61 Å². The Balaban J connectivity index is 0.00000190. The number of hydrogen-bond acceptors (Lipinski definition) is 3.